The van der Waals surface area contributed by atoms with Gasteiger partial charge in [-0.05, 0) is 60.2 Å². The number of nitrogens with zero attached hydrogens (tertiary/aromatic N) is 1. The fourth-order valence-corrected chi connectivity index (χ4v) is 3.45. The molecule has 0 aliphatic rings. The van der Waals surface area contributed by atoms with E-state index in [-0.39, 0.29) is 0 Å². The van der Waals surface area contributed by atoms with Crippen LogP contribution in [0.5, 0.6) is 0 Å². The number of aryl methyl sites for hydroxylation is 2. The highest BCUT2D eigenvalue weighted by molar-refractivity contribution is 14.1. The van der Waals surface area contributed by atoms with E-state index in [1.165, 1.54) is 14.7 Å². The lowest BCUT2D eigenvalue weighted by Crippen LogP contribution is -1.93. The minimum absolute atomic E-state index is 0.926. The third-order valence-corrected chi connectivity index (χ3v) is 4.71. The average Bonchev–Trinajstić information content (AvgIpc) is 2.91. The van der Waals surface area contributed by atoms with Gasteiger partial charge in [-0.25, -0.2) is 4.98 Å². The van der Waals surface area contributed by atoms with Crippen molar-refractivity contribution in [2.24, 2.45) is 0 Å². The van der Waals surface area contributed by atoms with Crippen molar-refractivity contribution in [3.63, 3.8) is 0 Å². The van der Waals surface area contributed by atoms with Crippen molar-refractivity contribution in [2.75, 3.05) is 5.32 Å². The number of thiazole rings is 1. The van der Waals surface area contributed by atoms with E-state index in [1.54, 1.807) is 11.3 Å². The highest BCUT2D eigenvalue weighted by Crippen LogP contribution is 2.28. The van der Waals surface area contributed by atoms with E-state index in [9.17, 15) is 0 Å². The molecule has 1 heterocycles. The largest absolute Gasteiger partial charge is 0.331 e. The topological polar surface area (TPSA) is 24.9 Å². The molecule has 0 amide bonds. The van der Waals surface area contributed by atoms with Crippen LogP contribution in [0.2, 0.25) is 0 Å². The lowest BCUT2D eigenvalue weighted by atomic mass is 10.1. The Hall–Kier alpha value is -1.40. The van der Waals surface area contributed by atoms with Crippen LogP contribution in [0.1, 0.15) is 11.1 Å². The standard InChI is InChI=1S/C17H15IN2S/c1-11-3-5-13(6-4-11)16-10-21-17(20-16)19-15-8-7-14(18)9-12(15)2/h3-10H,1-2H3,(H,19,20). The van der Waals surface area contributed by atoms with E-state index in [1.807, 2.05) is 0 Å². The second kappa shape index (κ2) is 6.15. The molecule has 0 aliphatic carbocycles. The summed E-state index contributed by atoms with van der Waals surface area (Å²) < 4.78 is 1.25. The van der Waals surface area contributed by atoms with Crippen LogP contribution in [0.4, 0.5) is 10.8 Å². The van der Waals surface area contributed by atoms with Gasteiger partial charge in [-0.3, -0.25) is 0 Å². The molecule has 0 saturated carbocycles. The molecule has 0 spiro atoms. The number of nitrogens with one attached hydrogen (secondary N) is 1. The molecule has 2 aromatic carbocycles. The van der Waals surface area contributed by atoms with Crippen molar-refractivity contribution in [1.29, 1.82) is 0 Å². The van der Waals surface area contributed by atoms with Gasteiger partial charge in [0.2, 0.25) is 0 Å². The maximum atomic E-state index is 4.67. The van der Waals surface area contributed by atoms with Gasteiger partial charge in [-0.15, -0.1) is 11.3 Å². The number of rotatable bonds is 3. The van der Waals surface area contributed by atoms with E-state index < -0.39 is 0 Å². The molecule has 21 heavy (non-hydrogen) atoms. The normalized spacial score (nSPS) is 10.6. The first-order valence-electron chi connectivity index (χ1n) is 6.67. The summed E-state index contributed by atoms with van der Waals surface area (Å²) >= 11 is 3.96. The molecule has 1 N–H and O–H groups in total. The van der Waals surface area contributed by atoms with Crippen molar-refractivity contribution >= 4 is 44.7 Å². The predicted octanol–water partition coefficient (Wildman–Crippen LogP) is 5.78. The summed E-state index contributed by atoms with van der Waals surface area (Å²) in [6.45, 7) is 4.20. The third-order valence-electron chi connectivity index (χ3n) is 3.28. The zero-order valence-corrected chi connectivity index (χ0v) is 14.8. The van der Waals surface area contributed by atoms with Crippen molar-refractivity contribution < 1.29 is 0 Å². The van der Waals surface area contributed by atoms with Gasteiger partial charge in [0.25, 0.3) is 0 Å². The molecule has 0 aliphatic heterocycles. The number of halogens is 1. The third kappa shape index (κ3) is 3.44. The lowest BCUT2D eigenvalue weighted by Gasteiger charge is -2.06. The second-order valence-corrected chi connectivity index (χ2v) is 7.09. The average molecular weight is 406 g/mol. The molecule has 0 saturated heterocycles. The molecule has 0 unspecified atom stereocenters. The van der Waals surface area contributed by atoms with E-state index in [4.69, 9.17) is 0 Å². The molecular weight excluding hydrogens is 391 g/mol. The van der Waals surface area contributed by atoms with Crippen LogP contribution in [-0.2, 0) is 0 Å². The van der Waals surface area contributed by atoms with Gasteiger partial charge in [0.15, 0.2) is 5.13 Å². The van der Waals surface area contributed by atoms with Crippen LogP contribution >= 0.6 is 33.9 Å². The van der Waals surface area contributed by atoms with E-state index in [2.05, 4.69) is 94.6 Å². The minimum Gasteiger partial charge on any atom is -0.331 e. The summed E-state index contributed by atoms with van der Waals surface area (Å²) in [6, 6.07) is 14.8. The molecule has 1 aromatic heterocycles. The molecule has 3 rings (SSSR count). The second-order valence-electron chi connectivity index (χ2n) is 4.99. The van der Waals surface area contributed by atoms with Crippen LogP contribution in [0, 0.1) is 17.4 Å². The van der Waals surface area contributed by atoms with Crippen LogP contribution in [0.25, 0.3) is 11.3 Å². The van der Waals surface area contributed by atoms with Gasteiger partial charge in [0.1, 0.15) is 0 Å². The molecule has 106 valence electrons. The summed E-state index contributed by atoms with van der Waals surface area (Å²) in [6.07, 6.45) is 0. The maximum absolute atomic E-state index is 4.67. The van der Waals surface area contributed by atoms with Gasteiger partial charge in [-0.2, -0.15) is 0 Å². The molecule has 2 nitrogen and oxygen atoms in total. The number of anilines is 2. The zero-order chi connectivity index (χ0) is 14.8. The monoisotopic (exact) mass is 406 g/mol. The fourth-order valence-electron chi connectivity index (χ4n) is 2.07. The van der Waals surface area contributed by atoms with Gasteiger partial charge in [0.05, 0.1) is 5.69 Å². The maximum Gasteiger partial charge on any atom is 0.187 e. The number of hydrogen-bond acceptors (Lipinski definition) is 3. The SMILES string of the molecule is Cc1ccc(-c2csc(Nc3ccc(I)cc3C)n2)cc1. The van der Waals surface area contributed by atoms with Crippen molar-refractivity contribution in [3.8, 4) is 11.3 Å². The number of aromatic nitrogens is 1. The molecule has 0 atom stereocenters. The summed E-state index contributed by atoms with van der Waals surface area (Å²) in [5.41, 5.74) is 5.78. The smallest absolute Gasteiger partial charge is 0.187 e. The van der Waals surface area contributed by atoms with Crippen LogP contribution < -0.4 is 5.32 Å². The highest BCUT2D eigenvalue weighted by atomic mass is 127. The Kier molecular flexibility index (Phi) is 4.26. The van der Waals surface area contributed by atoms with E-state index in [0.717, 1.165) is 22.1 Å². The van der Waals surface area contributed by atoms with Crippen molar-refractivity contribution in [2.45, 2.75) is 13.8 Å². The zero-order valence-electron chi connectivity index (χ0n) is 11.9. The summed E-state index contributed by atoms with van der Waals surface area (Å²) in [5.74, 6) is 0. The molecular formula is C17H15IN2S. The highest BCUT2D eigenvalue weighted by Gasteiger charge is 2.06. The predicted molar refractivity (Wildman–Crippen MR) is 99.5 cm³/mol. The van der Waals surface area contributed by atoms with Crippen LogP contribution in [0.15, 0.2) is 47.8 Å². The first-order valence-corrected chi connectivity index (χ1v) is 8.63. The lowest BCUT2D eigenvalue weighted by molar-refractivity contribution is 1.35. The van der Waals surface area contributed by atoms with Crippen LogP contribution in [0.3, 0.4) is 0 Å². The van der Waals surface area contributed by atoms with Gasteiger partial charge < -0.3 is 5.32 Å². The minimum atomic E-state index is 0.926. The van der Waals surface area contributed by atoms with Gasteiger partial charge >= 0.3 is 0 Å². The summed E-state index contributed by atoms with van der Waals surface area (Å²) in [5, 5.41) is 6.42. The Morgan fingerprint density at radius 2 is 1.81 bits per heavy atom. The quantitative estimate of drug-likeness (QED) is 0.559. The van der Waals surface area contributed by atoms with E-state index in [0.29, 0.717) is 0 Å². The Labute approximate surface area is 142 Å². The number of benzene rings is 2. The van der Waals surface area contributed by atoms with Crippen molar-refractivity contribution in [3.05, 3.63) is 62.5 Å². The molecule has 0 bridgehead atoms. The molecule has 4 heteroatoms. The van der Waals surface area contributed by atoms with E-state index >= 15 is 0 Å². The Morgan fingerprint density at radius 3 is 2.52 bits per heavy atom. The van der Waals surface area contributed by atoms with Crippen LogP contribution in [-0.4, -0.2) is 4.98 Å². The molecule has 0 radical (unpaired) electrons. The fraction of sp³-hybridized carbons (Fsp3) is 0.118. The Balaban J connectivity index is 1.83. The summed E-state index contributed by atoms with van der Waals surface area (Å²) in [7, 11) is 0. The van der Waals surface area contributed by atoms with Gasteiger partial charge in [0, 0.05) is 20.2 Å². The summed E-state index contributed by atoms with van der Waals surface area (Å²) in [4.78, 5) is 4.67. The Bertz CT molecular complexity index is 763. The Morgan fingerprint density at radius 1 is 1.05 bits per heavy atom. The first kappa shape index (κ1) is 14.5. The first-order chi connectivity index (χ1) is 10.1. The van der Waals surface area contributed by atoms with Gasteiger partial charge in [-0.1, -0.05) is 29.8 Å². The molecule has 0 fully saturated rings. The number of hydrogen-bond donors (Lipinski definition) is 1. The van der Waals surface area contributed by atoms with Crippen molar-refractivity contribution in [1.82, 2.24) is 4.98 Å². The molecule has 3 aromatic rings.